The van der Waals surface area contributed by atoms with E-state index < -0.39 is 11.4 Å². The number of piperidine rings is 1. The Bertz CT molecular complexity index is 486. The summed E-state index contributed by atoms with van der Waals surface area (Å²) in [7, 11) is 0. The molecule has 5 heteroatoms. The molecule has 1 aliphatic heterocycles. The number of hydrogen-bond donors (Lipinski definition) is 3. The van der Waals surface area contributed by atoms with Gasteiger partial charge in [-0.3, -0.25) is 9.69 Å². The third kappa shape index (κ3) is 2.88. The van der Waals surface area contributed by atoms with Crippen LogP contribution in [0.3, 0.4) is 0 Å². The summed E-state index contributed by atoms with van der Waals surface area (Å²) in [6.07, 6.45) is 1.22. The van der Waals surface area contributed by atoms with Gasteiger partial charge in [0.15, 0.2) is 0 Å². The van der Waals surface area contributed by atoms with Gasteiger partial charge in [0.05, 0.1) is 5.41 Å². The Balaban J connectivity index is 2.08. The van der Waals surface area contributed by atoms with Crippen molar-refractivity contribution in [3.8, 4) is 11.5 Å². The third-order valence-corrected chi connectivity index (χ3v) is 4.37. The minimum Gasteiger partial charge on any atom is -0.508 e. The maximum atomic E-state index is 11.2. The van der Waals surface area contributed by atoms with Gasteiger partial charge in [-0.1, -0.05) is 0 Å². The lowest BCUT2D eigenvalue weighted by Gasteiger charge is -2.39. The highest BCUT2D eigenvalue weighted by molar-refractivity contribution is 5.74. The van der Waals surface area contributed by atoms with Crippen molar-refractivity contribution >= 4 is 5.97 Å². The van der Waals surface area contributed by atoms with Crippen LogP contribution in [0.5, 0.6) is 11.5 Å². The van der Waals surface area contributed by atoms with Crippen LogP contribution >= 0.6 is 0 Å². The van der Waals surface area contributed by atoms with Crippen molar-refractivity contribution in [2.45, 2.75) is 32.7 Å². The quantitative estimate of drug-likeness (QED) is 0.791. The van der Waals surface area contributed by atoms with E-state index in [1.54, 1.807) is 19.1 Å². The van der Waals surface area contributed by atoms with Crippen LogP contribution in [-0.4, -0.2) is 39.3 Å². The fourth-order valence-corrected chi connectivity index (χ4v) is 2.69. The predicted molar refractivity (Wildman–Crippen MR) is 74.7 cm³/mol. The van der Waals surface area contributed by atoms with Gasteiger partial charge >= 0.3 is 5.97 Å². The molecule has 1 aromatic rings. The van der Waals surface area contributed by atoms with Crippen LogP contribution in [0.15, 0.2) is 18.2 Å². The Kier molecular flexibility index (Phi) is 3.90. The van der Waals surface area contributed by atoms with Gasteiger partial charge < -0.3 is 15.3 Å². The summed E-state index contributed by atoms with van der Waals surface area (Å²) in [5, 5.41) is 28.3. The molecule has 1 heterocycles. The van der Waals surface area contributed by atoms with Gasteiger partial charge in [-0.25, -0.2) is 0 Å². The van der Waals surface area contributed by atoms with E-state index in [1.807, 2.05) is 6.92 Å². The van der Waals surface area contributed by atoms with Gasteiger partial charge in [0.2, 0.25) is 0 Å². The molecule has 110 valence electrons. The highest BCUT2D eigenvalue weighted by atomic mass is 16.4. The zero-order chi connectivity index (χ0) is 14.9. The Morgan fingerprint density at radius 2 is 1.70 bits per heavy atom. The number of rotatable bonds is 3. The molecule has 0 aromatic heterocycles. The van der Waals surface area contributed by atoms with Crippen molar-refractivity contribution in [3.63, 3.8) is 0 Å². The topological polar surface area (TPSA) is 81.0 Å². The van der Waals surface area contributed by atoms with Crippen molar-refractivity contribution in [2.24, 2.45) is 5.41 Å². The SMILES string of the molecule is CC(c1cc(O)cc(O)c1)N1CCC(C)(C(=O)O)CC1. The van der Waals surface area contributed by atoms with Gasteiger partial charge in [0.1, 0.15) is 11.5 Å². The molecule has 3 N–H and O–H groups in total. The van der Waals surface area contributed by atoms with Crippen molar-refractivity contribution in [1.29, 1.82) is 0 Å². The number of phenolic OH excluding ortho intramolecular Hbond substituents is 2. The number of nitrogens with zero attached hydrogens (tertiary/aromatic N) is 1. The molecule has 20 heavy (non-hydrogen) atoms. The molecule has 0 amide bonds. The number of carboxylic acids is 1. The molecule has 0 radical (unpaired) electrons. The summed E-state index contributed by atoms with van der Waals surface area (Å²) in [6, 6.07) is 4.60. The van der Waals surface area contributed by atoms with E-state index in [2.05, 4.69) is 4.90 Å². The molecule has 0 bridgehead atoms. The van der Waals surface area contributed by atoms with Crippen molar-refractivity contribution < 1.29 is 20.1 Å². The van der Waals surface area contributed by atoms with E-state index in [0.717, 1.165) is 5.56 Å². The van der Waals surface area contributed by atoms with Crippen LogP contribution < -0.4 is 0 Å². The predicted octanol–water partition coefficient (Wildman–Crippen LogP) is 2.35. The summed E-state index contributed by atoms with van der Waals surface area (Å²) in [4.78, 5) is 13.4. The smallest absolute Gasteiger partial charge is 0.309 e. The van der Waals surface area contributed by atoms with E-state index in [4.69, 9.17) is 0 Å². The van der Waals surface area contributed by atoms with Crippen LogP contribution in [0.1, 0.15) is 38.3 Å². The number of phenols is 2. The van der Waals surface area contributed by atoms with E-state index in [-0.39, 0.29) is 17.5 Å². The summed E-state index contributed by atoms with van der Waals surface area (Å²) >= 11 is 0. The van der Waals surface area contributed by atoms with Gasteiger partial charge in [-0.15, -0.1) is 0 Å². The van der Waals surface area contributed by atoms with Gasteiger partial charge in [-0.05, 0) is 57.5 Å². The third-order valence-electron chi connectivity index (χ3n) is 4.37. The second-order valence-corrected chi connectivity index (χ2v) is 5.86. The summed E-state index contributed by atoms with van der Waals surface area (Å²) < 4.78 is 0. The Labute approximate surface area is 118 Å². The van der Waals surface area contributed by atoms with Crippen LogP contribution in [0.25, 0.3) is 0 Å². The zero-order valence-electron chi connectivity index (χ0n) is 11.8. The molecule has 1 atom stereocenters. The molecule has 5 nitrogen and oxygen atoms in total. The van der Waals surface area contributed by atoms with Crippen LogP contribution in [0.4, 0.5) is 0 Å². The second-order valence-electron chi connectivity index (χ2n) is 5.86. The first-order valence-electron chi connectivity index (χ1n) is 6.82. The normalized spacial score (nSPS) is 20.5. The maximum absolute atomic E-state index is 11.2. The lowest BCUT2D eigenvalue weighted by atomic mass is 9.80. The second kappa shape index (κ2) is 5.32. The average Bonchev–Trinajstić information content (AvgIpc) is 2.37. The largest absolute Gasteiger partial charge is 0.508 e. The molecule has 2 rings (SSSR count). The molecule has 1 unspecified atom stereocenters. The molecular formula is C15H21NO4. The summed E-state index contributed by atoms with van der Waals surface area (Å²) in [5.41, 5.74) is 0.193. The molecule has 1 saturated heterocycles. The van der Waals surface area contributed by atoms with E-state index >= 15 is 0 Å². The van der Waals surface area contributed by atoms with Crippen LogP contribution in [-0.2, 0) is 4.79 Å². The van der Waals surface area contributed by atoms with Crippen molar-refractivity contribution in [1.82, 2.24) is 4.90 Å². The van der Waals surface area contributed by atoms with E-state index in [9.17, 15) is 20.1 Å². The number of likely N-dealkylation sites (tertiary alicyclic amines) is 1. The Morgan fingerprint density at radius 3 is 2.15 bits per heavy atom. The highest BCUT2D eigenvalue weighted by Crippen LogP contribution is 2.35. The first-order valence-corrected chi connectivity index (χ1v) is 6.82. The monoisotopic (exact) mass is 279 g/mol. The number of aromatic hydroxyl groups is 2. The summed E-state index contributed by atoms with van der Waals surface area (Å²) in [6.45, 7) is 5.18. The standard InChI is InChI=1S/C15H21NO4/c1-10(11-7-12(17)9-13(18)8-11)16-5-3-15(2,4-6-16)14(19)20/h7-10,17-18H,3-6H2,1-2H3,(H,19,20). The highest BCUT2D eigenvalue weighted by Gasteiger charge is 2.37. The Hall–Kier alpha value is -1.75. The van der Waals surface area contributed by atoms with E-state index in [1.165, 1.54) is 6.07 Å². The van der Waals surface area contributed by atoms with Gasteiger partial charge in [-0.2, -0.15) is 0 Å². The van der Waals surface area contributed by atoms with E-state index in [0.29, 0.717) is 25.9 Å². The molecule has 0 spiro atoms. The lowest BCUT2D eigenvalue weighted by Crippen LogP contribution is -2.43. The van der Waals surface area contributed by atoms with Crippen molar-refractivity contribution in [3.05, 3.63) is 23.8 Å². The zero-order valence-corrected chi connectivity index (χ0v) is 11.8. The minimum atomic E-state index is -0.736. The van der Waals surface area contributed by atoms with Crippen molar-refractivity contribution in [2.75, 3.05) is 13.1 Å². The van der Waals surface area contributed by atoms with Crippen LogP contribution in [0.2, 0.25) is 0 Å². The number of carboxylic acid groups (broad SMARTS) is 1. The number of aliphatic carboxylic acids is 1. The number of carbonyl (C=O) groups is 1. The average molecular weight is 279 g/mol. The summed E-state index contributed by atoms with van der Waals surface area (Å²) in [5.74, 6) is -0.654. The molecule has 0 aliphatic carbocycles. The molecule has 1 aliphatic rings. The first kappa shape index (κ1) is 14.7. The number of benzene rings is 1. The molecular weight excluding hydrogens is 258 g/mol. The van der Waals surface area contributed by atoms with Crippen LogP contribution in [0, 0.1) is 5.41 Å². The fourth-order valence-electron chi connectivity index (χ4n) is 2.69. The number of hydrogen-bond acceptors (Lipinski definition) is 4. The first-order chi connectivity index (χ1) is 9.32. The lowest BCUT2D eigenvalue weighted by molar-refractivity contribution is -0.151. The fraction of sp³-hybridized carbons (Fsp3) is 0.533. The van der Waals surface area contributed by atoms with Gasteiger partial charge in [0.25, 0.3) is 0 Å². The molecule has 1 aromatic carbocycles. The minimum absolute atomic E-state index is 0.0337. The maximum Gasteiger partial charge on any atom is 0.309 e. The molecule has 0 saturated carbocycles. The molecule has 1 fully saturated rings. The Morgan fingerprint density at radius 1 is 1.20 bits per heavy atom. The van der Waals surface area contributed by atoms with Gasteiger partial charge in [0, 0.05) is 12.1 Å².